The Kier molecular flexibility index (Phi) is 3.63. The van der Waals surface area contributed by atoms with Gasteiger partial charge in [0.05, 0.1) is 5.69 Å². The fourth-order valence-corrected chi connectivity index (χ4v) is 4.77. The molecule has 1 atom stereocenters. The van der Waals surface area contributed by atoms with Gasteiger partial charge in [-0.3, -0.25) is 4.79 Å². The minimum absolute atomic E-state index is 0.0511. The molecule has 5 rings (SSSR count). The predicted molar refractivity (Wildman–Crippen MR) is 113 cm³/mol. The van der Waals surface area contributed by atoms with E-state index in [2.05, 4.69) is 49.5 Å². The highest BCUT2D eigenvalue weighted by atomic mass is 16.3. The summed E-state index contributed by atoms with van der Waals surface area (Å²) in [6, 6.07) is 19.9. The Morgan fingerprint density at radius 2 is 1.71 bits per heavy atom. The molecule has 0 bridgehead atoms. The average Bonchev–Trinajstić information content (AvgIpc) is 2.66. The molecule has 2 N–H and O–H groups in total. The Morgan fingerprint density at radius 1 is 0.964 bits per heavy atom. The molecular formula is C25H23NO2. The number of hydrogen-bond donors (Lipinski definition) is 2. The molecule has 3 heteroatoms. The molecule has 0 fully saturated rings. The summed E-state index contributed by atoms with van der Waals surface area (Å²) in [5, 5.41) is 15.8. The summed E-state index contributed by atoms with van der Waals surface area (Å²) in [7, 11) is 0. The molecule has 0 radical (unpaired) electrons. The Bertz CT molecular complexity index is 1140. The highest BCUT2D eigenvalue weighted by Crippen LogP contribution is 2.50. The van der Waals surface area contributed by atoms with E-state index in [1.165, 1.54) is 10.8 Å². The zero-order valence-corrected chi connectivity index (χ0v) is 16.1. The Morgan fingerprint density at radius 3 is 2.50 bits per heavy atom. The third-order valence-corrected chi connectivity index (χ3v) is 5.98. The lowest BCUT2D eigenvalue weighted by molar-refractivity contribution is -0.118. The third kappa shape index (κ3) is 2.62. The van der Waals surface area contributed by atoms with Gasteiger partial charge < -0.3 is 10.4 Å². The third-order valence-electron chi connectivity index (χ3n) is 5.98. The van der Waals surface area contributed by atoms with Crippen molar-refractivity contribution in [2.75, 3.05) is 5.32 Å². The van der Waals surface area contributed by atoms with Crippen molar-refractivity contribution in [2.24, 2.45) is 5.41 Å². The van der Waals surface area contributed by atoms with Gasteiger partial charge in [-0.05, 0) is 40.5 Å². The maximum atomic E-state index is 13.2. The van der Waals surface area contributed by atoms with Gasteiger partial charge in [-0.2, -0.15) is 0 Å². The van der Waals surface area contributed by atoms with Gasteiger partial charge in [0.2, 0.25) is 0 Å². The molecular weight excluding hydrogens is 346 g/mol. The molecule has 28 heavy (non-hydrogen) atoms. The molecule has 0 spiro atoms. The maximum Gasteiger partial charge on any atom is 0.162 e. The first-order valence-corrected chi connectivity index (χ1v) is 9.77. The molecule has 140 valence electrons. The SMILES string of the molecule is CC1(C)CC(=O)C2=C(C1)Nc1c(ccc3ccccc13)C2c1ccc(O)cc1. The summed E-state index contributed by atoms with van der Waals surface area (Å²) < 4.78 is 0. The zero-order valence-electron chi connectivity index (χ0n) is 16.1. The number of anilines is 1. The smallest absolute Gasteiger partial charge is 0.162 e. The van der Waals surface area contributed by atoms with Crippen LogP contribution in [0.2, 0.25) is 0 Å². The van der Waals surface area contributed by atoms with Crippen LogP contribution in [0, 0.1) is 5.41 Å². The lowest BCUT2D eigenvalue weighted by Gasteiger charge is -2.40. The Balaban J connectivity index is 1.79. The van der Waals surface area contributed by atoms with Crippen LogP contribution in [-0.2, 0) is 4.79 Å². The average molecular weight is 369 g/mol. The molecule has 0 saturated carbocycles. The quantitative estimate of drug-likeness (QED) is 0.574. The van der Waals surface area contributed by atoms with Gasteiger partial charge >= 0.3 is 0 Å². The molecule has 0 saturated heterocycles. The molecule has 0 aromatic heterocycles. The van der Waals surface area contributed by atoms with Crippen LogP contribution in [0.3, 0.4) is 0 Å². The fourth-order valence-electron chi connectivity index (χ4n) is 4.77. The highest BCUT2D eigenvalue weighted by molar-refractivity contribution is 6.05. The summed E-state index contributed by atoms with van der Waals surface area (Å²) in [4.78, 5) is 13.2. The first-order valence-electron chi connectivity index (χ1n) is 9.77. The van der Waals surface area contributed by atoms with E-state index in [-0.39, 0.29) is 22.9 Å². The largest absolute Gasteiger partial charge is 0.508 e. The number of carbonyl (C=O) groups excluding carboxylic acids is 1. The fraction of sp³-hybridized carbons (Fsp3) is 0.240. The van der Waals surface area contributed by atoms with Crippen molar-refractivity contribution >= 4 is 22.2 Å². The number of benzene rings is 3. The van der Waals surface area contributed by atoms with Crippen molar-refractivity contribution in [1.29, 1.82) is 0 Å². The van der Waals surface area contributed by atoms with Gasteiger partial charge in [-0.15, -0.1) is 0 Å². The van der Waals surface area contributed by atoms with Crippen LogP contribution in [0.5, 0.6) is 5.75 Å². The first-order chi connectivity index (χ1) is 13.4. The number of rotatable bonds is 1. The number of hydrogen-bond acceptors (Lipinski definition) is 3. The molecule has 1 unspecified atom stereocenters. The van der Waals surface area contributed by atoms with Gasteiger partial charge in [0.15, 0.2) is 5.78 Å². The molecule has 1 heterocycles. The molecule has 1 aliphatic heterocycles. The van der Waals surface area contributed by atoms with E-state index in [4.69, 9.17) is 0 Å². The van der Waals surface area contributed by atoms with E-state index in [0.717, 1.165) is 34.5 Å². The minimum atomic E-state index is -0.111. The summed E-state index contributed by atoms with van der Waals surface area (Å²) in [5.74, 6) is 0.345. The monoisotopic (exact) mass is 369 g/mol. The summed E-state index contributed by atoms with van der Waals surface area (Å²) in [6.07, 6.45) is 1.41. The zero-order chi connectivity index (χ0) is 19.5. The van der Waals surface area contributed by atoms with E-state index in [0.29, 0.717) is 6.42 Å². The van der Waals surface area contributed by atoms with E-state index >= 15 is 0 Å². The number of ketones is 1. The number of phenols is 1. The lowest BCUT2D eigenvalue weighted by Crippen LogP contribution is -2.33. The van der Waals surface area contributed by atoms with Crippen LogP contribution >= 0.6 is 0 Å². The van der Waals surface area contributed by atoms with Gasteiger partial charge in [0.25, 0.3) is 0 Å². The second-order valence-electron chi connectivity index (χ2n) is 8.73. The van der Waals surface area contributed by atoms with Crippen molar-refractivity contribution in [1.82, 2.24) is 0 Å². The van der Waals surface area contributed by atoms with Crippen LogP contribution in [0.1, 0.15) is 43.7 Å². The van der Waals surface area contributed by atoms with Crippen LogP contribution in [0.4, 0.5) is 5.69 Å². The van der Waals surface area contributed by atoms with Crippen LogP contribution in [-0.4, -0.2) is 10.9 Å². The van der Waals surface area contributed by atoms with Gasteiger partial charge in [-0.1, -0.05) is 62.4 Å². The minimum Gasteiger partial charge on any atom is -0.508 e. The molecule has 1 aliphatic carbocycles. The van der Waals surface area contributed by atoms with Crippen molar-refractivity contribution in [2.45, 2.75) is 32.6 Å². The number of carbonyl (C=O) groups is 1. The van der Waals surface area contributed by atoms with Gasteiger partial charge in [-0.25, -0.2) is 0 Å². The number of aromatic hydroxyl groups is 1. The Labute approximate surface area is 164 Å². The lowest BCUT2D eigenvalue weighted by atomic mass is 9.68. The normalized spacial score (nSPS) is 20.5. The number of allylic oxidation sites excluding steroid dienone is 2. The highest BCUT2D eigenvalue weighted by Gasteiger charge is 2.40. The topological polar surface area (TPSA) is 49.3 Å². The second kappa shape index (κ2) is 5.96. The van der Waals surface area contributed by atoms with Crippen molar-refractivity contribution in [3.63, 3.8) is 0 Å². The molecule has 2 aliphatic rings. The summed E-state index contributed by atoms with van der Waals surface area (Å²) in [6.45, 7) is 4.31. The van der Waals surface area contributed by atoms with Gasteiger partial charge in [0, 0.05) is 29.0 Å². The van der Waals surface area contributed by atoms with Crippen molar-refractivity contribution in [3.8, 4) is 5.75 Å². The molecule has 3 nitrogen and oxygen atoms in total. The number of fused-ring (bicyclic) bond motifs is 3. The summed E-state index contributed by atoms with van der Waals surface area (Å²) >= 11 is 0. The van der Waals surface area contributed by atoms with E-state index in [1.54, 1.807) is 12.1 Å². The number of Topliss-reactive ketones (excluding diaryl/α,β-unsaturated/α-hetero) is 1. The van der Waals surface area contributed by atoms with Crippen molar-refractivity contribution in [3.05, 3.63) is 83.1 Å². The van der Waals surface area contributed by atoms with Crippen molar-refractivity contribution < 1.29 is 9.90 Å². The predicted octanol–water partition coefficient (Wildman–Crippen LogP) is 5.75. The first kappa shape index (κ1) is 17.1. The standard InChI is InChI=1S/C25H23NO2/c1-25(2)13-20-23(21(28)14-25)22(16-7-10-17(27)11-8-16)19-12-9-15-5-3-4-6-18(15)24(19)26-20/h3-12,22,26-27H,13-14H2,1-2H3. The van der Waals surface area contributed by atoms with Crippen LogP contribution < -0.4 is 5.32 Å². The maximum absolute atomic E-state index is 13.2. The number of nitrogens with one attached hydrogen (secondary N) is 1. The van der Waals surface area contributed by atoms with E-state index in [1.807, 2.05) is 18.2 Å². The molecule has 0 amide bonds. The molecule has 3 aromatic rings. The Hall–Kier alpha value is -3.07. The van der Waals surface area contributed by atoms with E-state index < -0.39 is 0 Å². The van der Waals surface area contributed by atoms with Crippen LogP contribution in [0.25, 0.3) is 10.8 Å². The summed E-state index contributed by atoms with van der Waals surface area (Å²) in [5.41, 5.74) is 5.13. The second-order valence-corrected chi connectivity index (χ2v) is 8.73. The number of phenolic OH excluding ortho intramolecular Hbond substituents is 1. The van der Waals surface area contributed by atoms with Gasteiger partial charge in [0.1, 0.15) is 5.75 Å². The molecule has 3 aromatic carbocycles. The van der Waals surface area contributed by atoms with Crippen LogP contribution in [0.15, 0.2) is 71.9 Å². The van der Waals surface area contributed by atoms with E-state index in [9.17, 15) is 9.90 Å².